The maximum atomic E-state index is 12.8. The summed E-state index contributed by atoms with van der Waals surface area (Å²) in [6.45, 7) is 4.13. The van der Waals surface area contributed by atoms with Gasteiger partial charge in [0, 0.05) is 12.2 Å². The molecule has 1 aromatic carbocycles. The molecule has 1 rings (SSSR count). The van der Waals surface area contributed by atoms with E-state index in [2.05, 4.69) is 11.9 Å². The van der Waals surface area contributed by atoms with Crippen molar-refractivity contribution in [3.05, 3.63) is 42.2 Å². The molecule has 0 fully saturated rings. The van der Waals surface area contributed by atoms with Gasteiger partial charge in [-0.05, 0) is 18.2 Å². The Labute approximate surface area is 76.3 Å². The molecule has 1 aromatic rings. The zero-order valence-electron chi connectivity index (χ0n) is 7.05. The highest BCUT2D eigenvalue weighted by molar-refractivity contribution is 5.50. The molecular weight excluding hydrogens is 167 g/mol. The molecule has 2 nitrogen and oxygen atoms in total. The first-order valence-electron chi connectivity index (χ1n) is 3.82. The minimum Gasteiger partial charge on any atom is -0.382 e. The molecule has 0 saturated carbocycles. The number of rotatable bonds is 3. The molecule has 13 heavy (non-hydrogen) atoms. The van der Waals surface area contributed by atoms with Gasteiger partial charge in [-0.3, -0.25) is 0 Å². The number of hydrogen-bond acceptors (Lipinski definition) is 2. The van der Waals surface area contributed by atoms with Crippen LogP contribution in [0.4, 0.5) is 10.1 Å². The number of nitriles is 1. The first-order valence-corrected chi connectivity index (χ1v) is 3.82. The zero-order chi connectivity index (χ0) is 9.68. The van der Waals surface area contributed by atoms with Gasteiger partial charge in [0.05, 0.1) is 5.56 Å². The molecule has 0 radical (unpaired) electrons. The van der Waals surface area contributed by atoms with Crippen molar-refractivity contribution in [3.63, 3.8) is 0 Å². The van der Waals surface area contributed by atoms with E-state index < -0.39 is 5.82 Å². The normalized spacial score (nSPS) is 8.92. The second kappa shape index (κ2) is 4.27. The lowest BCUT2D eigenvalue weighted by molar-refractivity contribution is 0.624. The summed E-state index contributed by atoms with van der Waals surface area (Å²) in [5, 5.41) is 11.5. The van der Waals surface area contributed by atoms with E-state index in [-0.39, 0.29) is 5.56 Å². The van der Waals surface area contributed by atoms with Crippen LogP contribution >= 0.6 is 0 Å². The highest BCUT2D eigenvalue weighted by atomic mass is 19.1. The van der Waals surface area contributed by atoms with Crippen LogP contribution in [0.3, 0.4) is 0 Å². The third kappa shape index (κ3) is 2.31. The Morgan fingerprint density at radius 1 is 1.62 bits per heavy atom. The summed E-state index contributed by atoms with van der Waals surface area (Å²) < 4.78 is 12.8. The Kier molecular flexibility index (Phi) is 3.04. The Morgan fingerprint density at radius 2 is 2.38 bits per heavy atom. The van der Waals surface area contributed by atoms with Crippen molar-refractivity contribution in [1.29, 1.82) is 5.26 Å². The Morgan fingerprint density at radius 3 is 3.00 bits per heavy atom. The quantitative estimate of drug-likeness (QED) is 0.717. The molecule has 0 aliphatic rings. The predicted octanol–water partition coefficient (Wildman–Crippen LogP) is 2.30. The molecule has 0 aromatic heterocycles. The smallest absolute Gasteiger partial charge is 0.141 e. The van der Waals surface area contributed by atoms with Gasteiger partial charge in [0.15, 0.2) is 0 Å². The van der Waals surface area contributed by atoms with Crippen molar-refractivity contribution in [2.24, 2.45) is 0 Å². The third-order valence-electron chi connectivity index (χ3n) is 1.54. The van der Waals surface area contributed by atoms with Crippen molar-refractivity contribution in [2.75, 3.05) is 11.9 Å². The van der Waals surface area contributed by atoms with E-state index in [1.165, 1.54) is 12.1 Å². The molecule has 3 heteroatoms. The summed E-state index contributed by atoms with van der Waals surface area (Å²) in [6.07, 6.45) is 1.69. The average molecular weight is 176 g/mol. The fourth-order valence-corrected chi connectivity index (χ4v) is 0.911. The van der Waals surface area contributed by atoms with Crippen LogP contribution in [0.5, 0.6) is 0 Å². The molecule has 0 bridgehead atoms. The van der Waals surface area contributed by atoms with Crippen LogP contribution in [-0.2, 0) is 0 Å². The maximum Gasteiger partial charge on any atom is 0.141 e. The summed E-state index contributed by atoms with van der Waals surface area (Å²) in [7, 11) is 0. The minimum atomic E-state index is -0.494. The zero-order valence-corrected chi connectivity index (χ0v) is 7.05. The maximum absolute atomic E-state index is 12.8. The highest BCUT2D eigenvalue weighted by Crippen LogP contribution is 2.13. The van der Waals surface area contributed by atoms with Crippen molar-refractivity contribution < 1.29 is 4.39 Å². The Hall–Kier alpha value is -1.82. The Balaban J connectivity index is 2.87. The SMILES string of the molecule is C=CCNc1ccc(F)c(C#N)c1. The second-order valence-corrected chi connectivity index (χ2v) is 2.48. The van der Waals surface area contributed by atoms with Gasteiger partial charge in [-0.2, -0.15) is 5.26 Å². The van der Waals surface area contributed by atoms with Gasteiger partial charge in [0.1, 0.15) is 11.9 Å². The van der Waals surface area contributed by atoms with E-state index in [9.17, 15) is 4.39 Å². The number of nitrogens with zero attached hydrogens (tertiary/aromatic N) is 1. The lowest BCUT2D eigenvalue weighted by Crippen LogP contribution is -1.98. The van der Waals surface area contributed by atoms with Gasteiger partial charge >= 0.3 is 0 Å². The van der Waals surface area contributed by atoms with Crippen LogP contribution in [0.15, 0.2) is 30.9 Å². The van der Waals surface area contributed by atoms with Gasteiger partial charge in [0.2, 0.25) is 0 Å². The van der Waals surface area contributed by atoms with E-state index in [0.29, 0.717) is 6.54 Å². The van der Waals surface area contributed by atoms with Crippen LogP contribution in [0, 0.1) is 17.1 Å². The molecule has 66 valence electrons. The first-order chi connectivity index (χ1) is 6.27. The van der Waals surface area contributed by atoms with E-state index in [0.717, 1.165) is 5.69 Å². The van der Waals surface area contributed by atoms with E-state index in [4.69, 9.17) is 5.26 Å². The summed E-state index contributed by atoms with van der Waals surface area (Å²) in [5.41, 5.74) is 0.770. The molecule has 1 N–H and O–H groups in total. The van der Waals surface area contributed by atoms with Gasteiger partial charge in [0.25, 0.3) is 0 Å². The van der Waals surface area contributed by atoms with E-state index >= 15 is 0 Å². The summed E-state index contributed by atoms with van der Waals surface area (Å²) in [4.78, 5) is 0. The molecule has 0 unspecified atom stereocenters. The molecule has 0 spiro atoms. The number of anilines is 1. The molecule has 0 aliphatic carbocycles. The van der Waals surface area contributed by atoms with E-state index in [1.807, 2.05) is 0 Å². The van der Waals surface area contributed by atoms with Gasteiger partial charge in [-0.25, -0.2) is 4.39 Å². The molecule has 0 amide bonds. The molecule has 0 aliphatic heterocycles. The molecule has 0 heterocycles. The molecular formula is C10H9FN2. The van der Waals surface area contributed by atoms with Crippen LogP contribution in [0.1, 0.15) is 5.56 Å². The third-order valence-corrected chi connectivity index (χ3v) is 1.54. The largest absolute Gasteiger partial charge is 0.382 e. The topological polar surface area (TPSA) is 35.8 Å². The molecule has 0 saturated heterocycles. The standard InChI is InChI=1S/C10H9FN2/c1-2-5-13-9-3-4-10(11)8(6-9)7-12/h2-4,6,13H,1,5H2. The van der Waals surface area contributed by atoms with Crippen molar-refractivity contribution in [2.45, 2.75) is 0 Å². The number of nitrogens with one attached hydrogen (secondary N) is 1. The van der Waals surface area contributed by atoms with Crippen LogP contribution in [0.25, 0.3) is 0 Å². The number of benzene rings is 1. The van der Waals surface area contributed by atoms with Gasteiger partial charge in [-0.15, -0.1) is 6.58 Å². The fourth-order valence-electron chi connectivity index (χ4n) is 0.911. The highest BCUT2D eigenvalue weighted by Gasteiger charge is 2.00. The van der Waals surface area contributed by atoms with Crippen molar-refractivity contribution >= 4 is 5.69 Å². The van der Waals surface area contributed by atoms with Gasteiger partial charge in [-0.1, -0.05) is 6.08 Å². The molecule has 0 atom stereocenters. The first kappa shape index (κ1) is 9.27. The van der Waals surface area contributed by atoms with Crippen LogP contribution in [0.2, 0.25) is 0 Å². The fraction of sp³-hybridized carbons (Fsp3) is 0.100. The van der Waals surface area contributed by atoms with Crippen LogP contribution in [-0.4, -0.2) is 6.54 Å². The summed E-state index contributed by atoms with van der Waals surface area (Å²) in [5.74, 6) is -0.494. The average Bonchev–Trinajstić information content (AvgIpc) is 2.16. The monoisotopic (exact) mass is 176 g/mol. The predicted molar refractivity (Wildman–Crippen MR) is 49.8 cm³/mol. The van der Waals surface area contributed by atoms with Gasteiger partial charge < -0.3 is 5.32 Å². The van der Waals surface area contributed by atoms with Crippen molar-refractivity contribution in [1.82, 2.24) is 0 Å². The minimum absolute atomic E-state index is 0.0501. The number of hydrogen-bond donors (Lipinski definition) is 1. The van der Waals surface area contributed by atoms with E-state index in [1.54, 1.807) is 18.2 Å². The summed E-state index contributed by atoms with van der Waals surface area (Å²) in [6, 6.07) is 6.09. The lowest BCUT2D eigenvalue weighted by Gasteiger charge is -2.03. The number of halogens is 1. The summed E-state index contributed by atoms with van der Waals surface area (Å²) >= 11 is 0. The lowest BCUT2D eigenvalue weighted by atomic mass is 10.2. The van der Waals surface area contributed by atoms with Crippen molar-refractivity contribution in [3.8, 4) is 6.07 Å². The second-order valence-electron chi connectivity index (χ2n) is 2.48. The van der Waals surface area contributed by atoms with Crippen LogP contribution < -0.4 is 5.32 Å². The Bertz CT molecular complexity index is 352.